The molecule has 3 aromatic rings. The first-order chi connectivity index (χ1) is 19.1. The largest absolute Gasteiger partial charge is 0.496 e. The molecule has 1 aliphatic rings. The van der Waals surface area contributed by atoms with E-state index in [1.807, 2.05) is 19.1 Å². The van der Waals surface area contributed by atoms with E-state index < -0.39 is 11.4 Å². The number of benzene rings is 2. The number of hydrogen-bond acceptors (Lipinski definition) is 6. The molecule has 4 atom stereocenters. The Morgan fingerprint density at radius 2 is 1.88 bits per heavy atom. The Morgan fingerprint density at radius 3 is 2.50 bits per heavy atom. The number of imidazole rings is 1. The van der Waals surface area contributed by atoms with Crippen molar-refractivity contribution in [2.45, 2.75) is 77.0 Å². The summed E-state index contributed by atoms with van der Waals surface area (Å²) in [6, 6.07) is 8.25. The third kappa shape index (κ3) is 6.55. The zero-order valence-corrected chi connectivity index (χ0v) is 23.8. The Kier molecular flexibility index (Phi) is 10.5. The minimum absolute atomic E-state index is 0.0159. The van der Waals surface area contributed by atoms with Gasteiger partial charge in [0.1, 0.15) is 28.7 Å². The number of aryl methyl sites for hydroxylation is 1. The van der Waals surface area contributed by atoms with E-state index in [1.54, 1.807) is 14.0 Å². The minimum atomic E-state index is -1.62. The lowest BCUT2D eigenvalue weighted by atomic mass is 9.86. The highest BCUT2D eigenvalue weighted by molar-refractivity contribution is 5.83. The molecule has 40 heavy (non-hydrogen) atoms. The van der Waals surface area contributed by atoms with Gasteiger partial charge in [-0.15, -0.1) is 0 Å². The number of ether oxygens (including phenoxy) is 2. The number of rotatable bonds is 10. The van der Waals surface area contributed by atoms with Crippen LogP contribution in [0.15, 0.2) is 30.3 Å². The van der Waals surface area contributed by atoms with Crippen LogP contribution in [0, 0.1) is 11.7 Å². The maximum atomic E-state index is 14.4. The molecule has 0 spiro atoms. The van der Waals surface area contributed by atoms with Crippen LogP contribution in [-0.4, -0.2) is 52.9 Å². The number of methoxy groups -OCH3 is 2. The quantitative estimate of drug-likeness (QED) is 0.301. The number of carboxylic acid groups (broad SMARTS) is 1. The third-order valence-electron chi connectivity index (χ3n) is 7.72. The Balaban J connectivity index is 0.00000141. The first-order valence-electron chi connectivity index (χ1n) is 13.5. The molecule has 0 radical (unpaired) electrons. The number of aromatic nitrogens is 2. The summed E-state index contributed by atoms with van der Waals surface area (Å²) < 4.78 is 27.8. The number of nitrogens with zero attached hydrogens (tertiary/aromatic N) is 2. The number of nitrogens with one attached hydrogen (secondary N) is 1. The number of aliphatic hydroxyl groups is 1. The van der Waals surface area contributed by atoms with Gasteiger partial charge in [0.15, 0.2) is 0 Å². The van der Waals surface area contributed by atoms with Crippen molar-refractivity contribution in [2.24, 2.45) is 5.92 Å². The second kappa shape index (κ2) is 13.6. The highest BCUT2D eigenvalue weighted by Crippen LogP contribution is 2.43. The molecular weight excluding hydrogens is 517 g/mol. The number of fused-ring (bicyclic) bond motifs is 1. The van der Waals surface area contributed by atoms with Crippen molar-refractivity contribution in [3.63, 3.8) is 0 Å². The molecule has 4 rings (SSSR count). The second-order valence-corrected chi connectivity index (χ2v) is 10.6. The Bertz CT molecular complexity index is 1310. The monoisotopic (exact) mass is 557 g/mol. The minimum Gasteiger partial charge on any atom is -0.496 e. The molecule has 1 aromatic heterocycles. The topological polar surface area (TPSA) is 123 Å². The third-order valence-corrected chi connectivity index (χ3v) is 7.72. The average molecular weight is 558 g/mol. The lowest BCUT2D eigenvalue weighted by Gasteiger charge is -2.33. The predicted octanol–water partition coefficient (Wildman–Crippen LogP) is 4.97. The van der Waals surface area contributed by atoms with Gasteiger partial charge in [0.2, 0.25) is 6.41 Å². The smallest absolute Gasteiger partial charge is 0.290 e. The normalized spacial score (nSPS) is 19.1. The maximum absolute atomic E-state index is 14.4. The number of carbonyl (C=O) groups is 2. The molecule has 1 saturated carbocycles. The van der Waals surface area contributed by atoms with E-state index in [2.05, 4.69) is 16.8 Å². The van der Waals surface area contributed by atoms with E-state index in [4.69, 9.17) is 24.4 Å². The molecule has 1 amide bonds. The summed E-state index contributed by atoms with van der Waals surface area (Å²) in [5, 5.41) is 21.8. The highest BCUT2D eigenvalue weighted by atomic mass is 19.1. The van der Waals surface area contributed by atoms with Gasteiger partial charge in [0, 0.05) is 23.2 Å². The summed E-state index contributed by atoms with van der Waals surface area (Å²) in [6.07, 6.45) is 6.25. The summed E-state index contributed by atoms with van der Waals surface area (Å²) in [6.45, 7) is 5.62. The van der Waals surface area contributed by atoms with Crippen LogP contribution in [0.2, 0.25) is 0 Å². The summed E-state index contributed by atoms with van der Waals surface area (Å²) in [4.78, 5) is 24.3. The van der Waals surface area contributed by atoms with Crippen LogP contribution >= 0.6 is 0 Å². The molecule has 9 nitrogen and oxygen atoms in total. The number of hydrogen-bond donors (Lipinski definition) is 3. The lowest BCUT2D eigenvalue weighted by Crippen LogP contribution is -2.31. The Labute approximate surface area is 234 Å². The summed E-state index contributed by atoms with van der Waals surface area (Å²) in [5.41, 5.74) is 1.29. The molecular formula is C30H40FN3O6. The van der Waals surface area contributed by atoms with Gasteiger partial charge < -0.3 is 29.6 Å². The van der Waals surface area contributed by atoms with E-state index in [1.165, 1.54) is 31.7 Å². The number of halogens is 1. The number of amides is 1. The average Bonchev–Trinajstić information content (AvgIpc) is 3.33. The summed E-state index contributed by atoms with van der Waals surface area (Å²) >= 11 is 0. The number of carbonyl (C=O) groups excluding carboxylic acids is 1. The van der Waals surface area contributed by atoms with Crippen molar-refractivity contribution in [1.29, 1.82) is 0 Å². The molecule has 218 valence electrons. The molecule has 1 heterocycles. The van der Waals surface area contributed by atoms with Gasteiger partial charge in [-0.1, -0.05) is 19.8 Å². The van der Waals surface area contributed by atoms with Crippen molar-refractivity contribution >= 4 is 23.9 Å². The van der Waals surface area contributed by atoms with E-state index in [-0.39, 0.29) is 18.6 Å². The van der Waals surface area contributed by atoms with Crippen molar-refractivity contribution < 1.29 is 33.7 Å². The fourth-order valence-electron chi connectivity index (χ4n) is 5.72. The fraction of sp³-hybridized carbons (Fsp3) is 0.500. The first-order valence-corrected chi connectivity index (χ1v) is 13.5. The Morgan fingerprint density at radius 1 is 1.20 bits per heavy atom. The van der Waals surface area contributed by atoms with Crippen LogP contribution in [-0.2, 0) is 21.6 Å². The van der Waals surface area contributed by atoms with Gasteiger partial charge in [-0.25, -0.2) is 9.37 Å². The highest BCUT2D eigenvalue weighted by Gasteiger charge is 2.38. The van der Waals surface area contributed by atoms with E-state index in [0.29, 0.717) is 48.1 Å². The van der Waals surface area contributed by atoms with Crippen LogP contribution in [0.25, 0.3) is 11.0 Å². The van der Waals surface area contributed by atoms with Gasteiger partial charge >= 0.3 is 0 Å². The van der Waals surface area contributed by atoms with Gasteiger partial charge in [0.05, 0.1) is 25.3 Å². The van der Waals surface area contributed by atoms with E-state index >= 15 is 0 Å². The van der Waals surface area contributed by atoms with E-state index in [9.17, 15) is 14.3 Å². The molecule has 0 bridgehead atoms. The van der Waals surface area contributed by atoms with Gasteiger partial charge in [0.25, 0.3) is 6.47 Å². The van der Waals surface area contributed by atoms with Crippen molar-refractivity contribution in [3.8, 4) is 11.5 Å². The van der Waals surface area contributed by atoms with Crippen LogP contribution in [0.5, 0.6) is 11.5 Å². The molecule has 1 aliphatic carbocycles. The summed E-state index contributed by atoms with van der Waals surface area (Å²) in [7, 11) is 3.14. The fourth-order valence-corrected chi connectivity index (χ4v) is 5.72. The standard InChI is InChI=1S/C29H38FN3O4.CH2O2/c1-18-7-6-8-21(15-18)33-24-12-14-25(36-4)22(11-9-19(2)31-17-34)27(24)32-28(33)29(3,35)23-16-20(30)10-13-26(23)37-5;2-1-3/h10,12-14,16-19,21,35H,6-9,11,15H2,1-5H3,(H,31,34);1H,(H,2,3). The van der Waals surface area contributed by atoms with Gasteiger partial charge in [-0.3, -0.25) is 9.59 Å². The van der Waals surface area contributed by atoms with Crippen LogP contribution in [0.1, 0.15) is 75.9 Å². The van der Waals surface area contributed by atoms with Gasteiger partial charge in [-0.2, -0.15) is 0 Å². The van der Waals surface area contributed by atoms with Gasteiger partial charge in [-0.05, 0) is 75.8 Å². The molecule has 1 fully saturated rings. The van der Waals surface area contributed by atoms with Crippen molar-refractivity contribution in [3.05, 3.63) is 53.1 Å². The zero-order valence-electron chi connectivity index (χ0n) is 23.8. The van der Waals surface area contributed by atoms with E-state index in [0.717, 1.165) is 35.9 Å². The summed E-state index contributed by atoms with van der Waals surface area (Å²) in [5.74, 6) is 1.66. The molecule has 4 unspecified atom stereocenters. The molecule has 0 aliphatic heterocycles. The van der Waals surface area contributed by atoms with Crippen LogP contribution in [0.4, 0.5) is 4.39 Å². The molecule has 3 N–H and O–H groups in total. The molecule has 10 heteroatoms. The molecule has 0 saturated heterocycles. The Hall–Kier alpha value is -3.66. The molecule has 2 aromatic carbocycles. The first kappa shape index (κ1) is 30.9. The van der Waals surface area contributed by atoms with Crippen LogP contribution < -0.4 is 14.8 Å². The van der Waals surface area contributed by atoms with Crippen molar-refractivity contribution in [2.75, 3.05) is 14.2 Å². The SMILES string of the molecule is COc1ccc(F)cc1C(C)(O)c1nc2c(CCC(C)NC=O)c(OC)ccc2n1C1CCCC(C)C1.O=CO. The second-order valence-electron chi connectivity index (χ2n) is 10.6. The zero-order chi connectivity index (χ0) is 29.4. The predicted molar refractivity (Wildman–Crippen MR) is 150 cm³/mol. The maximum Gasteiger partial charge on any atom is 0.290 e. The van der Waals surface area contributed by atoms with Crippen molar-refractivity contribution in [1.82, 2.24) is 14.9 Å². The lowest BCUT2D eigenvalue weighted by molar-refractivity contribution is -0.122. The van der Waals surface area contributed by atoms with Crippen LogP contribution in [0.3, 0.4) is 0 Å².